The normalized spacial score (nSPS) is 14.2. The second kappa shape index (κ2) is 24.8. The highest BCUT2D eigenvalue weighted by molar-refractivity contribution is 7.47. The number of allylic oxidation sites excluding steroid dienone is 4. The molecule has 216 valence electrons. The summed E-state index contributed by atoms with van der Waals surface area (Å²) in [5, 5.41) is 12.4. The Morgan fingerprint density at radius 3 is 2.19 bits per heavy atom. The van der Waals surface area contributed by atoms with E-state index < -0.39 is 26.5 Å². The van der Waals surface area contributed by atoms with E-state index in [2.05, 4.69) is 36.5 Å². The zero-order valence-corrected chi connectivity index (χ0v) is 23.8. The van der Waals surface area contributed by atoms with E-state index in [0.29, 0.717) is 6.42 Å². The molecule has 0 aliphatic rings. The number of carbonyl (C=O) groups excluding carboxylic acids is 2. The second-order valence-electron chi connectivity index (χ2n) is 9.02. The Morgan fingerprint density at radius 1 is 0.838 bits per heavy atom. The molecule has 0 saturated carbocycles. The van der Waals surface area contributed by atoms with Crippen LogP contribution in [0.25, 0.3) is 0 Å². The van der Waals surface area contributed by atoms with Crippen molar-refractivity contribution in [3.05, 3.63) is 24.3 Å². The molecule has 37 heavy (non-hydrogen) atoms. The average Bonchev–Trinajstić information content (AvgIpc) is 2.87. The Kier molecular flexibility index (Phi) is 23.8. The van der Waals surface area contributed by atoms with Gasteiger partial charge in [-0.15, -0.1) is 0 Å². The summed E-state index contributed by atoms with van der Waals surface area (Å²) < 4.78 is 26.3. The first-order valence-electron chi connectivity index (χ1n) is 13.8. The molecule has 0 spiro atoms. The Morgan fingerprint density at radius 2 is 1.49 bits per heavy atom. The van der Waals surface area contributed by atoms with Crippen molar-refractivity contribution in [1.82, 2.24) is 5.32 Å². The molecule has 0 aromatic carbocycles. The minimum atomic E-state index is -4.38. The van der Waals surface area contributed by atoms with Gasteiger partial charge >= 0.3 is 13.8 Å². The summed E-state index contributed by atoms with van der Waals surface area (Å²) >= 11 is 0. The first-order valence-corrected chi connectivity index (χ1v) is 15.3. The fourth-order valence-corrected chi connectivity index (χ4v) is 3.95. The SMILES string of the molecule is CCCC/C=C\C/C=C\CCCCCCCC(=O)OCC(O)COP(=O)(O)OCCNC(=O)CCCC. The highest BCUT2D eigenvalue weighted by Gasteiger charge is 2.23. The van der Waals surface area contributed by atoms with Gasteiger partial charge in [-0.05, 0) is 38.5 Å². The lowest BCUT2D eigenvalue weighted by Gasteiger charge is -2.15. The highest BCUT2D eigenvalue weighted by Crippen LogP contribution is 2.42. The molecular weight excluding hydrogens is 497 g/mol. The van der Waals surface area contributed by atoms with Crippen LogP contribution in [0.3, 0.4) is 0 Å². The number of amides is 1. The lowest BCUT2D eigenvalue weighted by Crippen LogP contribution is -2.27. The summed E-state index contributed by atoms with van der Waals surface area (Å²) in [4.78, 5) is 32.9. The zero-order chi connectivity index (χ0) is 27.6. The number of rotatable bonds is 25. The van der Waals surface area contributed by atoms with Crippen molar-refractivity contribution in [2.75, 3.05) is 26.4 Å². The number of esters is 1. The topological polar surface area (TPSA) is 131 Å². The van der Waals surface area contributed by atoms with E-state index in [1.807, 2.05) is 6.92 Å². The molecule has 0 aliphatic carbocycles. The van der Waals surface area contributed by atoms with Gasteiger partial charge in [-0.1, -0.05) is 76.7 Å². The number of unbranched alkanes of at least 4 members (excludes halogenated alkanes) is 8. The molecule has 2 atom stereocenters. The van der Waals surface area contributed by atoms with E-state index in [1.54, 1.807) is 0 Å². The van der Waals surface area contributed by atoms with Gasteiger partial charge in [0.05, 0.1) is 13.2 Å². The van der Waals surface area contributed by atoms with E-state index in [1.165, 1.54) is 19.3 Å². The van der Waals surface area contributed by atoms with Crippen LogP contribution >= 0.6 is 7.82 Å². The van der Waals surface area contributed by atoms with Crippen molar-refractivity contribution in [2.24, 2.45) is 0 Å². The highest BCUT2D eigenvalue weighted by atomic mass is 31.2. The van der Waals surface area contributed by atoms with Crippen LogP contribution in [0.15, 0.2) is 24.3 Å². The standard InChI is InChI=1S/C27H50NO8P/c1-3-5-7-8-9-10-11-12-13-14-15-16-17-18-20-27(31)34-23-25(29)24-36-37(32,33)35-22-21-28-26(30)19-6-4-2/h8-9,11-12,25,29H,3-7,10,13-24H2,1-2H3,(H,28,30)(H,32,33)/b9-8-,12-11-. The maximum atomic E-state index is 11.8. The van der Waals surface area contributed by atoms with Gasteiger partial charge in [-0.25, -0.2) is 4.57 Å². The third-order valence-electron chi connectivity index (χ3n) is 5.38. The van der Waals surface area contributed by atoms with Gasteiger partial charge in [-0.2, -0.15) is 0 Å². The van der Waals surface area contributed by atoms with Gasteiger partial charge in [0.25, 0.3) is 0 Å². The fourth-order valence-electron chi connectivity index (χ4n) is 3.19. The summed E-state index contributed by atoms with van der Waals surface area (Å²) in [6.45, 7) is 3.20. The second-order valence-corrected chi connectivity index (χ2v) is 10.5. The van der Waals surface area contributed by atoms with Gasteiger partial charge in [0, 0.05) is 19.4 Å². The number of phosphoric ester groups is 1. The third kappa shape index (κ3) is 25.9. The Labute approximate surface area is 223 Å². The predicted molar refractivity (Wildman–Crippen MR) is 146 cm³/mol. The number of nitrogens with one attached hydrogen (secondary N) is 1. The van der Waals surface area contributed by atoms with Crippen molar-refractivity contribution < 1.29 is 37.9 Å². The summed E-state index contributed by atoms with van der Waals surface area (Å²) in [5.41, 5.74) is 0. The Balaban J connectivity index is 3.68. The van der Waals surface area contributed by atoms with Crippen molar-refractivity contribution in [1.29, 1.82) is 0 Å². The van der Waals surface area contributed by atoms with E-state index in [4.69, 9.17) is 13.8 Å². The van der Waals surface area contributed by atoms with Gasteiger partial charge in [0.1, 0.15) is 12.7 Å². The number of aliphatic hydroxyl groups excluding tert-OH is 1. The first kappa shape index (κ1) is 35.5. The van der Waals surface area contributed by atoms with Crippen molar-refractivity contribution in [3.63, 3.8) is 0 Å². The molecule has 9 nitrogen and oxygen atoms in total. The molecule has 10 heteroatoms. The van der Waals surface area contributed by atoms with Crippen molar-refractivity contribution in [2.45, 2.75) is 110 Å². The van der Waals surface area contributed by atoms with Crippen LogP contribution in [-0.4, -0.2) is 54.3 Å². The van der Waals surface area contributed by atoms with Crippen LogP contribution in [0.1, 0.15) is 104 Å². The predicted octanol–water partition coefficient (Wildman–Crippen LogP) is 5.75. The van der Waals surface area contributed by atoms with Crippen molar-refractivity contribution >= 4 is 19.7 Å². The lowest BCUT2D eigenvalue weighted by molar-refractivity contribution is -0.147. The number of hydrogen-bond acceptors (Lipinski definition) is 7. The van der Waals surface area contributed by atoms with Gasteiger partial charge in [0.2, 0.25) is 5.91 Å². The van der Waals surface area contributed by atoms with Crippen LogP contribution < -0.4 is 5.32 Å². The van der Waals surface area contributed by atoms with Gasteiger partial charge < -0.3 is 20.1 Å². The Hall–Kier alpha value is -1.51. The van der Waals surface area contributed by atoms with Gasteiger partial charge in [0.15, 0.2) is 0 Å². The number of hydrogen-bond donors (Lipinski definition) is 3. The molecule has 0 bridgehead atoms. The van der Waals surface area contributed by atoms with E-state index in [0.717, 1.165) is 57.8 Å². The molecule has 0 saturated heterocycles. The number of aliphatic hydroxyl groups is 1. The van der Waals surface area contributed by atoms with Gasteiger partial charge in [-0.3, -0.25) is 18.6 Å². The molecular formula is C27H50NO8P. The minimum Gasteiger partial charge on any atom is -0.463 e. The largest absolute Gasteiger partial charge is 0.472 e. The van der Waals surface area contributed by atoms with E-state index in [-0.39, 0.29) is 32.1 Å². The molecule has 0 aromatic heterocycles. The van der Waals surface area contributed by atoms with Crippen molar-refractivity contribution in [3.8, 4) is 0 Å². The molecule has 2 unspecified atom stereocenters. The minimum absolute atomic E-state index is 0.0741. The molecule has 0 heterocycles. The molecule has 1 amide bonds. The third-order valence-corrected chi connectivity index (χ3v) is 6.37. The first-order chi connectivity index (χ1) is 17.8. The molecule has 0 aliphatic heterocycles. The maximum Gasteiger partial charge on any atom is 0.472 e. The van der Waals surface area contributed by atoms with Crippen LogP contribution in [0.4, 0.5) is 0 Å². The summed E-state index contributed by atoms with van der Waals surface area (Å²) in [6.07, 6.45) is 20.7. The van der Waals surface area contributed by atoms with Crippen LogP contribution in [0.5, 0.6) is 0 Å². The molecule has 0 rings (SSSR count). The lowest BCUT2D eigenvalue weighted by atomic mass is 10.1. The number of carbonyl (C=O) groups is 2. The molecule has 3 N–H and O–H groups in total. The summed E-state index contributed by atoms with van der Waals surface area (Å²) in [7, 11) is -4.38. The van der Waals surface area contributed by atoms with Crippen LogP contribution in [0.2, 0.25) is 0 Å². The van der Waals surface area contributed by atoms with E-state index in [9.17, 15) is 24.2 Å². The Bertz CT molecular complexity index is 683. The van der Waals surface area contributed by atoms with Crippen LogP contribution in [0, 0.1) is 0 Å². The quantitative estimate of drug-likeness (QED) is 0.0569. The van der Waals surface area contributed by atoms with E-state index >= 15 is 0 Å². The summed E-state index contributed by atoms with van der Waals surface area (Å²) in [5.74, 6) is -0.572. The zero-order valence-electron chi connectivity index (χ0n) is 22.9. The number of phosphoric acid groups is 1. The summed E-state index contributed by atoms with van der Waals surface area (Å²) in [6, 6.07) is 0. The molecule has 0 fully saturated rings. The smallest absolute Gasteiger partial charge is 0.463 e. The molecule has 0 radical (unpaired) electrons. The maximum absolute atomic E-state index is 11.8. The monoisotopic (exact) mass is 547 g/mol. The van der Waals surface area contributed by atoms with Crippen LogP contribution in [-0.2, 0) is 27.9 Å². The molecule has 0 aromatic rings. The fraction of sp³-hybridized carbons (Fsp3) is 0.778. The average molecular weight is 548 g/mol. The number of ether oxygens (including phenoxy) is 1.